The molecular weight excluding hydrogens is 434 g/mol. The van der Waals surface area contributed by atoms with E-state index in [-0.39, 0.29) is 28.7 Å². The highest BCUT2D eigenvalue weighted by atomic mass is 32.2. The number of nitrogens with one attached hydrogen (secondary N) is 2. The molecule has 11 heteroatoms. The molecule has 10 nitrogen and oxygen atoms in total. The molecule has 1 aliphatic rings. The highest BCUT2D eigenvalue weighted by Crippen LogP contribution is 2.27. The average molecular weight is 455 g/mol. The van der Waals surface area contributed by atoms with Crippen molar-refractivity contribution in [1.82, 2.24) is 5.32 Å². The number of phenolic OH excluding ortho intramolecular Hbond substituents is 1. The summed E-state index contributed by atoms with van der Waals surface area (Å²) in [5.74, 6) is -0.692. The number of phenols is 1. The lowest BCUT2D eigenvalue weighted by atomic mass is 10.1. The fourth-order valence-electron chi connectivity index (χ4n) is 3.07. The van der Waals surface area contributed by atoms with Crippen molar-refractivity contribution in [3.63, 3.8) is 0 Å². The summed E-state index contributed by atoms with van der Waals surface area (Å²) in [5.41, 5.74) is 2.72. The van der Waals surface area contributed by atoms with Crippen LogP contribution in [0.1, 0.15) is 28.7 Å². The van der Waals surface area contributed by atoms with Gasteiger partial charge in [0.2, 0.25) is 11.8 Å². The van der Waals surface area contributed by atoms with E-state index in [4.69, 9.17) is 0 Å². The standard InChI is InChI=1S/C21H21N5O5S/c1-11-4-5-15(16(6-11)26(30)31)23-18(27)9-17-20(29)24-21(32-17)25-22-10-14-7-12(2)19(28)13(3)8-14/h4-8,10,17,28H,9H2,1-3H3,(H,23,27)(H,24,25,29). The van der Waals surface area contributed by atoms with Crippen molar-refractivity contribution in [2.45, 2.75) is 32.4 Å². The predicted molar refractivity (Wildman–Crippen MR) is 123 cm³/mol. The van der Waals surface area contributed by atoms with Gasteiger partial charge in [-0.1, -0.05) is 17.8 Å². The van der Waals surface area contributed by atoms with Crippen LogP contribution in [0, 0.1) is 30.9 Å². The first-order chi connectivity index (χ1) is 15.1. The number of nitro benzene ring substituents is 1. The van der Waals surface area contributed by atoms with Gasteiger partial charge in [-0.05, 0) is 61.2 Å². The highest BCUT2D eigenvalue weighted by molar-refractivity contribution is 8.15. The highest BCUT2D eigenvalue weighted by Gasteiger charge is 2.32. The summed E-state index contributed by atoms with van der Waals surface area (Å²) in [4.78, 5) is 35.2. The molecule has 0 spiro atoms. The fourth-order valence-corrected chi connectivity index (χ4v) is 3.99. The van der Waals surface area contributed by atoms with E-state index in [2.05, 4.69) is 20.8 Å². The monoisotopic (exact) mass is 455 g/mol. The minimum absolute atomic E-state index is 0.0759. The first-order valence-electron chi connectivity index (χ1n) is 9.57. The molecule has 2 aromatic rings. The number of carbonyl (C=O) groups excluding carboxylic acids is 2. The topological polar surface area (TPSA) is 146 Å². The Morgan fingerprint density at radius 1 is 1.28 bits per heavy atom. The smallest absolute Gasteiger partial charge is 0.293 e. The predicted octanol–water partition coefficient (Wildman–Crippen LogP) is 3.18. The number of nitrogens with zero attached hydrogens (tertiary/aromatic N) is 3. The van der Waals surface area contributed by atoms with Gasteiger partial charge in [-0.15, -0.1) is 5.10 Å². The van der Waals surface area contributed by atoms with Crippen LogP contribution >= 0.6 is 11.8 Å². The maximum Gasteiger partial charge on any atom is 0.293 e. The third-order valence-corrected chi connectivity index (χ3v) is 5.71. The van der Waals surface area contributed by atoms with Crippen molar-refractivity contribution in [3.8, 4) is 5.75 Å². The van der Waals surface area contributed by atoms with Crippen LogP contribution in [-0.4, -0.2) is 38.5 Å². The molecule has 2 aromatic carbocycles. The second-order valence-corrected chi connectivity index (χ2v) is 8.47. The Morgan fingerprint density at radius 2 is 1.97 bits per heavy atom. The number of carbonyl (C=O) groups is 2. The molecule has 0 bridgehead atoms. The van der Waals surface area contributed by atoms with Gasteiger partial charge in [0.25, 0.3) is 5.69 Å². The number of hydrogen-bond donors (Lipinski definition) is 3. The number of rotatable bonds is 6. The molecule has 166 valence electrons. The van der Waals surface area contributed by atoms with Crippen LogP contribution in [-0.2, 0) is 9.59 Å². The zero-order chi connectivity index (χ0) is 23.4. The van der Waals surface area contributed by atoms with Crippen molar-refractivity contribution < 1.29 is 19.6 Å². The number of thioether (sulfide) groups is 1. The van der Waals surface area contributed by atoms with E-state index in [1.54, 1.807) is 39.0 Å². The Balaban J connectivity index is 1.62. The summed E-state index contributed by atoms with van der Waals surface area (Å²) in [6.45, 7) is 5.27. The summed E-state index contributed by atoms with van der Waals surface area (Å²) < 4.78 is 0. The van der Waals surface area contributed by atoms with Crippen LogP contribution in [0.2, 0.25) is 0 Å². The maximum absolute atomic E-state index is 12.4. The van der Waals surface area contributed by atoms with Gasteiger partial charge in [0.15, 0.2) is 5.17 Å². The van der Waals surface area contributed by atoms with Gasteiger partial charge < -0.3 is 15.7 Å². The van der Waals surface area contributed by atoms with Gasteiger partial charge >= 0.3 is 0 Å². The molecule has 2 amide bonds. The van der Waals surface area contributed by atoms with Crippen molar-refractivity contribution >= 4 is 46.3 Å². The van der Waals surface area contributed by atoms with Crippen LogP contribution in [0.15, 0.2) is 40.5 Å². The minimum Gasteiger partial charge on any atom is -0.507 e. The molecule has 0 aliphatic carbocycles. The van der Waals surface area contributed by atoms with Gasteiger partial charge in [-0.2, -0.15) is 5.10 Å². The van der Waals surface area contributed by atoms with E-state index < -0.39 is 22.0 Å². The Kier molecular flexibility index (Phi) is 6.89. The van der Waals surface area contributed by atoms with E-state index in [1.807, 2.05) is 0 Å². The van der Waals surface area contributed by atoms with Gasteiger partial charge in [0.05, 0.1) is 11.1 Å². The van der Waals surface area contributed by atoms with Crippen molar-refractivity contribution in [2.75, 3.05) is 5.32 Å². The number of amides is 2. The number of aromatic hydroxyl groups is 1. The summed E-state index contributed by atoms with van der Waals surface area (Å²) in [6.07, 6.45) is 1.32. The second kappa shape index (κ2) is 9.60. The van der Waals surface area contributed by atoms with Crippen LogP contribution < -0.4 is 10.6 Å². The third kappa shape index (κ3) is 5.49. The number of benzene rings is 2. The normalized spacial score (nSPS) is 17.0. The molecule has 1 fully saturated rings. The molecule has 1 aliphatic heterocycles. The molecule has 3 N–H and O–H groups in total. The fraction of sp³-hybridized carbons (Fsp3) is 0.238. The zero-order valence-corrected chi connectivity index (χ0v) is 18.4. The van der Waals surface area contributed by atoms with Crippen LogP contribution in [0.25, 0.3) is 0 Å². The van der Waals surface area contributed by atoms with Crippen LogP contribution in [0.5, 0.6) is 5.75 Å². The van der Waals surface area contributed by atoms with Crippen LogP contribution in [0.3, 0.4) is 0 Å². The third-order valence-electron chi connectivity index (χ3n) is 4.64. The lowest BCUT2D eigenvalue weighted by molar-refractivity contribution is -0.384. The molecule has 0 aromatic heterocycles. The molecule has 1 heterocycles. The second-order valence-electron chi connectivity index (χ2n) is 7.28. The minimum atomic E-state index is -0.730. The number of hydrogen-bond acceptors (Lipinski definition) is 8. The lowest BCUT2D eigenvalue weighted by Crippen LogP contribution is -2.28. The van der Waals surface area contributed by atoms with Crippen molar-refractivity contribution in [2.24, 2.45) is 10.2 Å². The van der Waals surface area contributed by atoms with Gasteiger partial charge in [0, 0.05) is 12.5 Å². The molecule has 0 saturated carbocycles. The average Bonchev–Trinajstić information content (AvgIpc) is 3.06. The quantitative estimate of drug-likeness (QED) is 0.346. The Hall–Kier alpha value is -3.73. The van der Waals surface area contributed by atoms with E-state index in [1.165, 1.54) is 18.3 Å². The molecule has 1 unspecified atom stereocenters. The van der Waals surface area contributed by atoms with Gasteiger partial charge in [0.1, 0.15) is 16.7 Å². The Labute approximate surface area is 188 Å². The van der Waals surface area contributed by atoms with E-state index in [0.29, 0.717) is 16.7 Å². The first-order valence-corrected chi connectivity index (χ1v) is 10.5. The van der Waals surface area contributed by atoms with Gasteiger partial charge in [-0.3, -0.25) is 19.7 Å². The largest absolute Gasteiger partial charge is 0.507 e. The molecule has 3 rings (SSSR count). The number of aryl methyl sites for hydroxylation is 3. The molecular formula is C21H21N5O5S. The summed E-state index contributed by atoms with van der Waals surface area (Å²) in [7, 11) is 0. The molecule has 1 saturated heterocycles. The van der Waals surface area contributed by atoms with E-state index in [9.17, 15) is 24.8 Å². The number of nitro groups is 1. The Morgan fingerprint density at radius 3 is 2.62 bits per heavy atom. The van der Waals surface area contributed by atoms with Gasteiger partial charge in [-0.25, -0.2) is 0 Å². The molecule has 32 heavy (non-hydrogen) atoms. The summed E-state index contributed by atoms with van der Waals surface area (Å²) in [5, 5.41) is 33.5. The molecule has 0 radical (unpaired) electrons. The van der Waals surface area contributed by atoms with E-state index in [0.717, 1.165) is 17.3 Å². The molecule has 1 atom stereocenters. The Bertz CT molecular complexity index is 1140. The first kappa shape index (κ1) is 22.9. The lowest BCUT2D eigenvalue weighted by Gasteiger charge is -2.08. The van der Waals surface area contributed by atoms with Crippen LogP contribution in [0.4, 0.5) is 11.4 Å². The maximum atomic E-state index is 12.4. The van der Waals surface area contributed by atoms with Crippen molar-refractivity contribution in [1.29, 1.82) is 0 Å². The SMILES string of the molecule is Cc1ccc(NC(=O)CC2SC(=NN=Cc3cc(C)c(O)c(C)c3)NC2=O)c([N+](=O)[O-])c1. The van der Waals surface area contributed by atoms with Crippen molar-refractivity contribution in [3.05, 3.63) is 62.7 Å². The van der Waals surface area contributed by atoms with E-state index >= 15 is 0 Å². The number of anilines is 1. The zero-order valence-electron chi connectivity index (χ0n) is 17.6. The summed E-state index contributed by atoms with van der Waals surface area (Å²) >= 11 is 1.06. The summed E-state index contributed by atoms with van der Waals surface area (Å²) in [6, 6.07) is 7.99. The number of amidine groups is 1.